The van der Waals surface area contributed by atoms with Crippen molar-refractivity contribution < 1.29 is 19.2 Å². The molecule has 0 fully saturated rings. The minimum Gasteiger partial charge on any atom is -0.466 e. The van der Waals surface area contributed by atoms with E-state index in [0.717, 1.165) is 6.42 Å². The van der Waals surface area contributed by atoms with Crippen LogP contribution in [-0.4, -0.2) is 31.2 Å². The number of ether oxygens (including phenoxy) is 1. The highest BCUT2D eigenvalue weighted by Crippen LogP contribution is 2.41. The van der Waals surface area contributed by atoms with Gasteiger partial charge < -0.3 is 9.57 Å². The molecule has 20 heavy (non-hydrogen) atoms. The van der Waals surface area contributed by atoms with E-state index in [2.05, 4.69) is 5.16 Å². The van der Waals surface area contributed by atoms with E-state index in [0.29, 0.717) is 36.3 Å². The molecule has 0 N–H and O–H groups in total. The first kappa shape index (κ1) is 16.4. The van der Waals surface area contributed by atoms with E-state index in [1.807, 2.05) is 27.7 Å². The van der Waals surface area contributed by atoms with E-state index in [-0.39, 0.29) is 5.78 Å². The molecule has 0 amide bonds. The maximum absolute atomic E-state index is 12.3. The smallest absolute Gasteiger partial charge is 0.335 e. The summed E-state index contributed by atoms with van der Waals surface area (Å²) >= 11 is 0. The van der Waals surface area contributed by atoms with E-state index in [9.17, 15) is 9.59 Å². The standard InChI is InChI=1S/C15H23NO4/c1-6-8-10(16-20-7-2)12-11(17)9-15(3,4)13(12)14(18)19-5/h6-9H2,1-5H3. The van der Waals surface area contributed by atoms with Crippen molar-refractivity contribution in [3.8, 4) is 0 Å². The molecular formula is C15H23NO4. The van der Waals surface area contributed by atoms with Gasteiger partial charge in [0.05, 0.1) is 24.0 Å². The van der Waals surface area contributed by atoms with Crippen LogP contribution in [0.4, 0.5) is 0 Å². The number of rotatable bonds is 6. The summed E-state index contributed by atoms with van der Waals surface area (Å²) in [5.41, 5.74) is 0.819. The van der Waals surface area contributed by atoms with Crippen LogP contribution in [0.25, 0.3) is 0 Å². The van der Waals surface area contributed by atoms with Crippen molar-refractivity contribution in [2.24, 2.45) is 10.6 Å². The number of allylic oxidation sites excluding steroid dienone is 1. The molecule has 0 spiro atoms. The molecule has 112 valence electrons. The van der Waals surface area contributed by atoms with Crippen LogP contribution in [0, 0.1) is 5.41 Å². The molecule has 5 heteroatoms. The molecule has 1 aliphatic carbocycles. The maximum atomic E-state index is 12.3. The highest BCUT2D eigenvalue weighted by Gasteiger charge is 2.44. The fourth-order valence-electron chi connectivity index (χ4n) is 2.44. The number of ketones is 1. The highest BCUT2D eigenvalue weighted by molar-refractivity contribution is 6.28. The molecule has 0 aromatic rings. The Morgan fingerprint density at radius 1 is 1.35 bits per heavy atom. The quantitative estimate of drug-likeness (QED) is 0.426. The summed E-state index contributed by atoms with van der Waals surface area (Å²) in [5, 5.41) is 4.03. The van der Waals surface area contributed by atoms with Gasteiger partial charge in [-0.15, -0.1) is 0 Å². The summed E-state index contributed by atoms with van der Waals surface area (Å²) in [6.45, 7) is 7.97. The molecule has 0 aromatic heterocycles. The number of carbonyl (C=O) groups excluding carboxylic acids is 2. The number of nitrogens with zero attached hydrogens (tertiary/aromatic N) is 1. The van der Waals surface area contributed by atoms with Crippen LogP contribution in [-0.2, 0) is 19.2 Å². The number of methoxy groups -OCH3 is 1. The van der Waals surface area contributed by atoms with Gasteiger partial charge in [0.2, 0.25) is 0 Å². The zero-order chi connectivity index (χ0) is 15.3. The van der Waals surface area contributed by atoms with E-state index in [1.165, 1.54) is 7.11 Å². The Kier molecular flexibility index (Phi) is 5.48. The average Bonchev–Trinajstić information content (AvgIpc) is 2.63. The van der Waals surface area contributed by atoms with Crippen molar-refractivity contribution in [1.82, 2.24) is 0 Å². The van der Waals surface area contributed by atoms with Crippen molar-refractivity contribution in [2.75, 3.05) is 13.7 Å². The number of oxime groups is 1. The van der Waals surface area contributed by atoms with Crippen molar-refractivity contribution in [3.63, 3.8) is 0 Å². The molecule has 0 aliphatic heterocycles. The molecule has 1 aliphatic rings. The lowest BCUT2D eigenvalue weighted by molar-refractivity contribution is -0.137. The summed E-state index contributed by atoms with van der Waals surface area (Å²) in [4.78, 5) is 29.4. The normalized spacial score (nSPS) is 18.4. The van der Waals surface area contributed by atoms with Crippen LogP contribution < -0.4 is 0 Å². The number of carbonyl (C=O) groups is 2. The molecule has 0 saturated heterocycles. The predicted molar refractivity (Wildman–Crippen MR) is 76.4 cm³/mol. The molecule has 5 nitrogen and oxygen atoms in total. The van der Waals surface area contributed by atoms with Gasteiger partial charge in [0, 0.05) is 11.8 Å². The lowest BCUT2D eigenvalue weighted by Crippen LogP contribution is -2.20. The zero-order valence-corrected chi connectivity index (χ0v) is 12.9. The minimum atomic E-state index is -0.528. The van der Waals surface area contributed by atoms with Crippen LogP contribution in [0.1, 0.15) is 47.0 Å². The summed E-state index contributed by atoms with van der Waals surface area (Å²) in [6, 6.07) is 0. The van der Waals surface area contributed by atoms with Crippen LogP contribution in [0.5, 0.6) is 0 Å². The number of esters is 1. The molecule has 0 heterocycles. The van der Waals surface area contributed by atoms with Crippen molar-refractivity contribution in [3.05, 3.63) is 11.1 Å². The molecule has 0 unspecified atom stereocenters. The second-order valence-corrected chi connectivity index (χ2v) is 5.43. The third-order valence-electron chi connectivity index (χ3n) is 3.28. The fourth-order valence-corrected chi connectivity index (χ4v) is 2.44. The van der Waals surface area contributed by atoms with Gasteiger partial charge in [-0.2, -0.15) is 0 Å². The van der Waals surface area contributed by atoms with Crippen LogP contribution in [0.2, 0.25) is 0 Å². The van der Waals surface area contributed by atoms with Crippen molar-refractivity contribution in [1.29, 1.82) is 0 Å². The summed E-state index contributed by atoms with van der Waals surface area (Å²) in [5.74, 6) is -0.529. The Bertz CT molecular complexity index is 460. The predicted octanol–water partition coefficient (Wildman–Crippen LogP) is 2.65. The topological polar surface area (TPSA) is 65.0 Å². The number of Topliss-reactive ketones (excluding diaryl/α,β-unsaturated/α-hetero) is 1. The van der Waals surface area contributed by atoms with Crippen LogP contribution in [0.15, 0.2) is 16.3 Å². The molecule has 0 bridgehead atoms. The van der Waals surface area contributed by atoms with Crippen LogP contribution in [0.3, 0.4) is 0 Å². The summed E-state index contributed by atoms with van der Waals surface area (Å²) in [7, 11) is 1.32. The Morgan fingerprint density at radius 3 is 2.50 bits per heavy atom. The summed E-state index contributed by atoms with van der Waals surface area (Å²) < 4.78 is 4.84. The first-order valence-corrected chi connectivity index (χ1v) is 6.94. The third-order valence-corrected chi connectivity index (χ3v) is 3.28. The molecule has 0 aromatic carbocycles. The van der Waals surface area contributed by atoms with Gasteiger partial charge in [-0.05, 0) is 13.3 Å². The third kappa shape index (κ3) is 3.26. The molecule has 0 radical (unpaired) electrons. The van der Waals surface area contributed by atoms with Crippen LogP contribution >= 0.6 is 0 Å². The van der Waals surface area contributed by atoms with Gasteiger partial charge in [0.1, 0.15) is 6.61 Å². The largest absolute Gasteiger partial charge is 0.466 e. The minimum absolute atomic E-state index is 0.0673. The number of hydrogen-bond donors (Lipinski definition) is 0. The van der Waals surface area contributed by atoms with Gasteiger partial charge in [0.15, 0.2) is 5.78 Å². The molecule has 0 atom stereocenters. The first-order chi connectivity index (χ1) is 9.38. The monoisotopic (exact) mass is 281 g/mol. The molecule has 1 rings (SSSR count). The second kappa shape index (κ2) is 6.68. The number of hydrogen-bond acceptors (Lipinski definition) is 5. The zero-order valence-electron chi connectivity index (χ0n) is 12.9. The Balaban J connectivity index is 3.37. The lowest BCUT2D eigenvalue weighted by atomic mass is 9.85. The molecule has 0 saturated carbocycles. The van der Waals surface area contributed by atoms with E-state index < -0.39 is 11.4 Å². The average molecular weight is 281 g/mol. The van der Waals surface area contributed by atoms with Crippen molar-refractivity contribution >= 4 is 17.5 Å². The Hall–Kier alpha value is -1.65. The SMILES string of the molecule is CCCC(=NOCC)C1=C(C(=O)OC)C(C)(C)CC1=O. The van der Waals surface area contributed by atoms with Gasteiger partial charge in [-0.3, -0.25) is 4.79 Å². The lowest BCUT2D eigenvalue weighted by Gasteiger charge is -2.19. The fraction of sp³-hybridized carbons (Fsp3) is 0.667. The molecular weight excluding hydrogens is 258 g/mol. The Morgan fingerprint density at radius 2 is 2.00 bits per heavy atom. The van der Waals surface area contributed by atoms with E-state index in [1.54, 1.807) is 0 Å². The first-order valence-electron chi connectivity index (χ1n) is 6.94. The maximum Gasteiger partial charge on any atom is 0.335 e. The van der Waals surface area contributed by atoms with Crippen molar-refractivity contribution in [2.45, 2.75) is 47.0 Å². The highest BCUT2D eigenvalue weighted by atomic mass is 16.6. The van der Waals surface area contributed by atoms with Gasteiger partial charge >= 0.3 is 5.97 Å². The second-order valence-electron chi connectivity index (χ2n) is 5.43. The Labute approximate surface area is 120 Å². The van der Waals surface area contributed by atoms with E-state index in [4.69, 9.17) is 9.57 Å². The van der Waals surface area contributed by atoms with Gasteiger partial charge in [-0.25, -0.2) is 4.79 Å². The van der Waals surface area contributed by atoms with Gasteiger partial charge in [0.25, 0.3) is 0 Å². The van der Waals surface area contributed by atoms with E-state index >= 15 is 0 Å². The summed E-state index contributed by atoms with van der Waals surface area (Å²) in [6.07, 6.45) is 1.71. The van der Waals surface area contributed by atoms with Gasteiger partial charge in [-0.1, -0.05) is 32.3 Å².